The molecule has 0 unspecified atom stereocenters. The molecule has 6 nitrogen and oxygen atoms in total. The van der Waals surface area contributed by atoms with Gasteiger partial charge >= 0.3 is 0 Å². The lowest BCUT2D eigenvalue weighted by atomic mass is 10.0. The molecule has 1 aromatic heterocycles. The topological polar surface area (TPSA) is 54.3 Å². The molecular weight excluding hydrogens is 314 g/mol. The second-order valence-electron chi connectivity index (χ2n) is 6.85. The summed E-state index contributed by atoms with van der Waals surface area (Å²) in [4.78, 5) is 17.7. The minimum Gasteiger partial charge on any atom is -0.332 e. The van der Waals surface area contributed by atoms with E-state index in [9.17, 15) is 4.79 Å². The molecule has 1 amide bonds. The van der Waals surface area contributed by atoms with E-state index < -0.39 is 0 Å². The van der Waals surface area contributed by atoms with Crippen LogP contribution in [-0.2, 0) is 24.3 Å². The fraction of sp³-hybridized carbons (Fsp3) is 0.526. The summed E-state index contributed by atoms with van der Waals surface area (Å²) in [6.07, 6.45) is 3.22. The fourth-order valence-corrected chi connectivity index (χ4v) is 3.99. The largest absolute Gasteiger partial charge is 0.332 e. The number of hydrogen-bond donors (Lipinski definition) is 0. The molecule has 132 valence electrons. The summed E-state index contributed by atoms with van der Waals surface area (Å²) < 4.78 is 2.16. The second kappa shape index (κ2) is 6.96. The quantitative estimate of drug-likeness (QED) is 0.855. The Balaban J connectivity index is 1.58. The molecule has 2 aliphatic heterocycles. The summed E-state index contributed by atoms with van der Waals surface area (Å²) in [5, 5.41) is 8.55. The average molecular weight is 339 g/mol. The maximum atomic E-state index is 13.4. The maximum Gasteiger partial charge on any atom is 0.245 e. The third kappa shape index (κ3) is 3.06. The van der Waals surface area contributed by atoms with Gasteiger partial charge in [-0.15, -0.1) is 10.2 Å². The van der Waals surface area contributed by atoms with E-state index in [1.54, 1.807) is 0 Å². The van der Waals surface area contributed by atoms with E-state index >= 15 is 0 Å². The number of aryl methyl sites for hydroxylation is 1. The lowest BCUT2D eigenvalue weighted by Gasteiger charge is -2.34. The van der Waals surface area contributed by atoms with Crippen molar-refractivity contribution in [1.82, 2.24) is 24.6 Å². The van der Waals surface area contributed by atoms with Crippen molar-refractivity contribution < 1.29 is 4.79 Å². The molecule has 3 heterocycles. The Labute approximate surface area is 148 Å². The highest BCUT2D eigenvalue weighted by atomic mass is 16.2. The first kappa shape index (κ1) is 16.3. The summed E-state index contributed by atoms with van der Waals surface area (Å²) in [5.74, 6) is 2.12. The van der Waals surface area contributed by atoms with Crippen molar-refractivity contribution in [2.24, 2.45) is 0 Å². The molecule has 1 aromatic carbocycles. The lowest BCUT2D eigenvalue weighted by molar-refractivity contribution is -0.138. The van der Waals surface area contributed by atoms with Gasteiger partial charge in [0.2, 0.25) is 5.91 Å². The van der Waals surface area contributed by atoms with Crippen molar-refractivity contribution >= 4 is 5.91 Å². The van der Waals surface area contributed by atoms with Crippen LogP contribution < -0.4 is 0 Å². The average Bonchev–Trinajstić information content (AvgIpc) is 3.32. The van der Waals surface area contributed by atoms with E-state index in [4.69, 9.17) is 0 Å². The van der Waals surface area contributed by atoms with Crippen LogP contribution in [0.25, 0.3) is 0 Å². The van der Waals surface area contributed by atoms with Crippen molar-refractivity contribution in [3.8, 4) is 0 Å². The van der Waals surface area contributed by atoms with Gasteiger partial charge in [0.15, 0.2) is 5.82 Å². The third-order valence-corrected chi connectivity index (χ3v) is 5.31. The minimum absolute atomic E-state index is 0.177. The van der Waals surface area contributed by atoms with Gasteiger partial charge in [-0.3, -0.25) is 9.69 Å². The number of rotatable bonds is 4. The molecule has 2 aromatic rings. The number of aromatic nitrogens is 3. The van der Waals surface area contributed by atoms with Crippen LogP contribution in [0.2, 0.25) is 0 Å². The number of benzene rings is 1. The molecule has 0 aliphatic carbocycles. The Morgan fingerprint density at radius 1 is 1.08 bits per heavy atom. The normalized spacial score (nSPS) is 19.0. The Morgan fingerprint density at radius 2 is 1.84 bits per heavy atom. The van der Waals surface area contributed by atoms with Crippen LogP contribution in [0.5, 0.6) is 0 Å². The molecule has 0 N–H and O–H groups in total. The van der Waals surface area contributed by atoms with Crippen molar-refractivity contribution in [2.75, 3.05) is 19.6 Å². The van der Waals surface area contributed by atoms with Crippen molar-refractivity contribution in [1.29, 1.82) is 0 Å². The molecule has 1 saturated heterocycles. The van der Waals surface area contributed by atoms with E-state index in [1.807, 2.05) is 23.1 Å². The molecule has 6 heteroatoms. The summed E-state index contributed by atoms with van der Waals surface area (Å²) in [6, 6.07) is 10.0. The van der Waals surface area contributed by atoms with Crippen LogP contribution in [0.1, 0.15) is 43.0 Å². The molecule has 1 fully saturated rings. The highest BCUT2D eigenvalue weighted by molar-refractivity contribution is 5.83. The summed E-state index contributed by atoms with van der Waals surface area (Å²) >= 11 is 0. The summed E-state index contributed by atoms with van der Waals surface area (Å²) in [5.41, 5.74) is 1.09. The first-order chi connectivity index (χ1) is 12.3. The van der Waals surface area contributed by atoms with Gasteiger partial charge in [-0.05, 0) is 31.5 Å². The molecular formula is C19H25N5O. The van der Waals surface area contributed by atoms with Crippen LogP contribution in [0.4, 0.5) is 0 Å². The van der Waals surface area contributed by atoms with Gasteiger partial charge in [0, 0.05) is 19.5 Å². The first-order valence-corrected chi connectivity index (χ1v) is 9.26. The fourth-order valence-electron chi connectivity index (χ4n) is 3.99. The standard InChI is InChI=1S/C19H25N5O/c1-2-16-20-21-17-14-23(12-13-24(16)17)19(25)18(22-10-6-7-11-22)15-8-4-3-5-9-15/h3-5,8-9,18H,2,6-7,10-14H2,1H3/t18-/m1/s1. The van der Waals surface area contributed by atoms with Gasteiger partial charge in [0.05, 0.1) is 6.54 Å². The monoisotopic (exact) mass is 339 g/mol. The number of fused-ring (bicyclic) bond motifs is 1. The summed E-state index contributed by atoms with van der Waals surface area (Å²) in [6.45, 7) is 6.16. The van der Waals surface area contributed by atoms with Crippen LogP contribution in [0, 0.1) is 0 Å². The number of amides is 1. The van der Waals surface area contributed by atoms with E-state index in [-0.39, 0.29) is 11.9 Å². The number of hydrogen-bond acceptors (Lipinski definition) is 4. The van der Waals surface area contributed by atoms with E-state index in [0.717, 1.165) is 49.8 Å². The van der Waals surface area contributed by atoms with Gasteiger partial charge < -0.3 is 9.47 Å². The van der Waals surface area contributed by atoms with Gasteiger partial charge in [-0.2, -0.15) is 0 Å². The zero-order valence-electron chi connectivity index (χ0n) is 14.8. The smallest absolute Gasteiger partial charge is 0.245 e. The van der Waals surface area contributed by atoms with Crippen LogP contribution in [0.3, 0.4) is 0 Å². The van der Waals surface area contributed by atoms with E-state index in [1.165, 1.54) is 12.8 Å². The predicted molar refractivity (Wildman–Crippen MR) is 94.8 cm³/mol. The van der Waals surface area contributed by atoms with Gasteiger partial charge in [0.25, 0.3) is 0 Å². The van der Waals surface area contributed by atoms with Crippen molar-refractivity contribution in [3.63, 3.8) is 0 Å². The van der Waals surface area contributed by atoms with Gasteiger partial charge in [0.1, 0.15) is 11.9 Å². The van der Waals surface area contributed by atoms with Gasteiger partial charge in [-0.1, -0.05) is 37.3 Å². The highest BCUT2D eigenvalue weighted by Gasteiger charge is 2.34. The Morgan fingerprint density at radius 3 is 2.56 bits per heavy atom. The Kier molecular flexibility index (Phi) is 4.53. The minimum atomic E-state index is -0.177. The second-order valence-corrected chi connectivity index (χ2v) is 6.85. The number of carbonyl (C=O) groups excluding carboxylic acids is 1. The number of carbonyl (C=O) groups is 1. The SMILES string of the molecule is CCc1nnc2n1CCN(C(=O)[C@@H](c1ccccc1)N1CCCC1)C2. The Bertz CT molecular complexity index is 736. The number of likely N-dealkylation sites (tertiary alicyclic amines) is 1. The molecule has 4 rings (SSSR count). The Hall–Kier alpha value is -2.21. The third-order valence-electron chi connectivity index (χ3n) is 5.31. The highest BCUT2D eigenvalue weighted by Crippen LogP contribution is 2.28. The molecule has 2 aliphatic rings. The van der Waals surface area contributed by atoms with Crippen LogP contribution in [-0.4, -0.2) is 50.1 Å². The van der Waals surface area contributed by atoms with Gasteiger partial charge in [-0.25, -0.2) is 0 Å². The molecule has 25 heavy (non-hydrogen) atoms. The predicted octanol–water partition coefficient (Wildman–Crippen LogP) is 2.02. The van der Waals surface area contributed by atoms with Crippen LogP contribution in [0.15, 0.2) is 30.3 Å². The molecule has 0 spiro atoms. The van der Waals surface area contributed by atoms with Crippen molar-refractivity contribution in [3.05, 3.63) is 47.5 Å². The first-order valence-electron chi connectivity index (χ1n) is 9.26. The number of nitrogens with zero attached hydrogens (tertiary/aromatic N) is 5. The molecule has 1 atom stereocenters. The molecule has 0 bridgehead atoms. The summed E-state index contributed by atoms with van der Waals surface area (Å²) in [7, 11) is 0. The maximum absolute atomic E-state index is 13.4. The van der Waals surface area contributed by atoms with Crippen molar-refractivity contribution in [2.45, 2.75) is 45.3 Å². The zero-order chi connectivity index (χ0) is 17.2. The zero-order valence-corrected chi connectivity index (χ0v) is 14.8. The molecule has 0 saturated carbocycles. The molecule has 0 radical (unpaired) electrons. The van der Waals surface area contributed by atoms with E-state index in [2.05, 4.69) is 38.7 Å². The van der Waals surface area contributed by atoms with Crippen LogP contribution >= 0.6 is 0 Å². The lowest BCUT2D eigenvalue weighted by Crippen LogP contribution is -2.45. The van der Waals surface area contributed by atoms with E-state index in [0.29, 0.717) is 6.54 Å².